The number of nitrogens with one attached hydrogen (secondary N) is 1. The Hall–Kier alpha value is -1.49. The molecule has 1 aromatic carbocycles. The van der Waals surface area contributed by atoms with Gasteiger partial charge in [-0.25, -0.2) is 0 Å². The van der Waals surface area contributed by atoms with E-state index in [-0.39, 0.29) is 5.75 Å². The summed E-state index contributed by atoms with van der Waals surface area (Å²) in [5.41, 5.74) is 0.861. The van der Waals surface area contributed by atoms with E-state index in [1.165, 1.54) is 25.0 Å². The SMILES string of the molecule is CC1CCCC(/C=C/c2ccc(OC(F)(F)F)cc2)N1. The van der Waals surface area contributed by atoms with E-state index in [0.29, 0.717) is 12.1 Å². The quantitative estimate of drug-likeness (QED) is 0.901. The lowest BCUT2D eigenvalue weighted by Gasteiger charge is -2.26. The number of alkyl halides is 3. The first kappa shape index (κ1) is 14.9. The molecule has 0 saturated carbocycles. The molecule has 1 aliphatic heterocycles. The van der Waals surface area contributed by atoms with Crippen LogP contribution in [0.2, 0.25) is 0 Å². The second-order valence-electron chi connectivity index (χ2n) is 5.08. The summed E-state index contributed by atoms with van der Waals surface area (Å²) in [7, 11) is 0. The number of piperidine rings is 1. The zero-order chi connectivity index (χ0) is 14.6. The van der Waals surface area contributed by atoms with Gasteiger partial charge in [-0.2, -0.15) is 0 Å². The van der Waals surface area contributed by atoms with Crippen LogP contribution in [0.5, 0.6) is 5.75 Å². The van der Waals surface area contributed by atoms with Crippen LogP contribution in [0.4, 0.5) is 13.2 Å². The van der Waals surface area contributed by atoms with Gasteiger partial charge in [-0.15, -0.1) is 13.2 Å². The first-order chi connectivity index (χ1) is 9.42. The van der Waals surface area contributed by atoms with Crippen LogP contribution in [0.1, 0.15) is 31.7 Å². The molecule has 0 aliphatic carbocycles. The molecule has 2 nitrogen and oxygen atoms in total. The molecule has 1 aromatic rings. The molecule has 0 spiro atoms. The monoisotopic (exact) mass is 285 g/mol. The maximum Gasteiger partial charge on any atom is 0.573 e. The van der Waals surface area contributed by atoms with Crippen LogP contribution < -0.4 is 10.1 Å². The molecule has 1 heterocycles. The summed E-state index contributed by atoms with van der Waals surface area (Å²) < 4.78 is 39.9. The Morgan fingerprint density at radius 2 is 1.90 bits per heavy atom. The van der Waals surface area contributed by atoms with Crippen LogP contribution in [0.25, 0.3) is 6.08 Å². The first-order valence-corrected chi connectivity index (χ1v) is 6.72. The standard InChI is InChI=1S/C15H18F3NO/c1-11-3-2-4-13(19-11)8-5-12-6-9-14(10-7-12)20-15(16,17)18/h5-11,13,19H,2-4H2,1H3/b8-5+. The molecule has 2 rings (SSSR count). The van der Waals surface area contributed by atoms with Crippen LogP contribution >= 0.6 is 0 Å². The minimum Gasteiger partial charge on any atom is -0.406 e. The maximum atomic E-state index is 12.0. The molecular weight excluding hydrogens is 267 g/mol. The van der Waals surface area contributed by atoms with E-state index in [0.717, 1.165) is 12.0 Å². The summed E-state index contributed by atoms with van der Waals surface area (Å²) in [5.74, 6) is -0.195. The van der Waals surface area contributed by atoms with Gasteiger partial charge >= 0.3 is 6.36 Å². The third kappa shape index (κ3) is 4.89. The highest BCUT2D eigenvalue weighted by Crippen LogP contribution is 2.23. The smallest absolute Gasteiger partial charge is 0.406 e. The van der Waals surface area contributed by atoms with E-state index in [1.54, 1.807) is 12.1 Å². The molecule has 0 aromatic heterocycles. The van der Waals surface area contributed by atoms with E-state index in [2.05, 4.69) is 23.1 Å². The van der Waals surface area contributed by atoms with Crippen molar-refractivity contribution in [2.24, 2.45) is 0 Å². The fourth-order valence-corrected chi connectivity index (χ4v) is 2.34. The molecule has 2 unspecified atom stereocenters. The largest absolute Gasteiger partial charge is 0.573 e. The van der Waals surface area contributed by atoms with Gasteiger partial charge in [-0.05, 0) is 37.5 Å². The number of hydrogen-bond donors (Lipinski definition) is 1. The molecule has 0 amide bonds. The van der Waals surface area contributed by atoms with E-state index in [1.807, 2.05) is 6.08 Å². The highest BCUT2D eigenvalue weighted by Gasteiger charge is 2.30. The van der Waals surface area contributed by atoms with E-state index >= 15 is 0 Å². The van der Waals surface area contributed by atoms with Crippen molar-refractivity contribution in [3.8, 4) is 5.75 Å². The number of rotatable bonds is 3. The lowest BCUT2D eigenvalue weighted by atomic mass is 9.99. The third-order valence-corrected chi connectivity index (χ3v) is 3.29. The average molecular weight is 285 g/mol. The van der Waals surface area contributed by atoms with Crippen LogP contribution in [0, 0.1) is 0 Å². The minimum atomic E-state index is -4.64. The van der Waals surface area contributed by atoms with Crippen molar-refractivity contribution < 1.29 is 17.9 Å². The number of ether oxygens (including phenoxy) is 1. The van der Waals surface area contributed by atoms with Crippen molar-refractivity contribution in [3.05, 3.63) is 35.9 Å². The van der Waals surface area contributed by atoms with E-state index in [9.17, 15) is 13.2 Å². The molecule has 20 heavy (non-hydrogen) atoms. The van der Waals surface area contributed by atoms with Gasteiger partial charge in [0.1, 0.15) is 5.75 Å². The Bertz CT molecular complexity index is 453. The first-order valence-electron chi connectivity index (χ1n) is 6.72. The van der Waals surface area contributed by atoms with Crippen molar-refractivity contribution in [2.75, 3.05) is 0 Å². The maximum absolute atomic E-state index is 12.0. The molecule has 1 N–H and O–H groups in total. The van der Waals surface area contributed by atoms with Gasteiger partial charge in [0.15, 0.2) is 0 Å². The summed E-state index contributed by atoms with van der Waals surface area (Å²) in [4.78, 5) is 0. The highest BCUT2D eigenvalue weighted by molar-refractivity contribution is 5.51. The van der Waals surface area contributed by atoms with E-state index in [4.69, 9.17) is 0 Å². The minimum absolute atomic E-state index is 0.195. The van der Waals surface area contributed by atoms with Crippen LogP contribution in [0.15, 0.2) is 30.3 Å². The number of benzene rings is 1. The molecule has 1 fully saturated rings. The Kier molecular flexibility index (Phi) is 4.70. The van der Waals surface area contributed by atoms with Crippen LogP contribution in [0.3, 0.4) is 0 Å². The van der Waals surface area contributed by atoms with E-state index < -0.39 is 6.36 Å². The summed E-state index contributed by atoms with van der Waals surface area (Å²) in [6.45, 7) is 2.16. The van der Waals surface area contributed by atoms with Gasteiger partial charge in [0.25, 0.3) is 0 Å². The van der Waals surface area contributed by atoms with Gasteiger partial charge < -0.3 is 10.1 Å². The fourth-order valence-electron chi connectivity index (χ4n) is 2.34. The zero-order valence-electron chi connectivity index (χ0n) is 11.3. The molecule has 110 valence electrons. The van der Waals surface area contributed by atoms with Crippen molar-refractivity contribution >= 4 is 6.08 Å². The topological polar surface area (TPSA) is 21.3 Å². The Morgan fingerprint density at radius 1 is 1.20 bits per heavy atom. The summed E-state index contributed by atoms with van der Waals surface area (Å²) >= 11 is 0. The molecule has 1 aliphatic rings. The molecule has 0 radical (unpaired) electrons. The van der Waals surface area contributed by atoms with Gasteiger partial charge in [0.05, 0.1) is 0 Å². The van der Waals surface area contributed by atoms with Crippen molar-refractivity contribution in [3.63, 3.8) is 0 Å². The second kappa shape index (κ2) is 6.31. The predicted molar refractivity (Wildman–Crippen MR) is 72.4 cm³/mol. The van der Waals surface area contributed by atoms with Gasteiger partial charge in [0.2, 0.25) is 0 Å². The van der Waals surface area contributed by atoms with Crippen LogP contribution in [-0.4, -0.2) is 18.4 Å². The molecule has 0 bridgehead atoms. The van der Waals surface area contributed by atoms with Crippen molar-refractivity contribution in [2.45, 2.75) is 44.6 Å². The normalized spacial score (nSPS) is 24.0. The summed E-state index contributed by atoms with van der Waals surface area (Å²) in [6.07, 6.45) is 2.83. The fraction of sp³-hybridized carbons (Fsp3) is 0.467. The summed E-state index contributed by atoms with van der Waals surface area (Å²) in [6, 6.07) is 6.73. The average Bonchev–Trinajstić information content (AvgIpc) is 2.36. The Balaban J connectivity index is 1.93. The van der Waals surface area contributed by atoms with Gasteiger partial charge in [0, 0.05) is 12.1 Å². The molecule has 5 heteroatoms. The second-order valence-corrected chi connectivity index (χ2v) is 5.08. The van der Waals surface area contributed by atoms with Crippen molar-refractivity contribution in [1.29, 1.82) is 0 Å². The highest BCUT2D eigenvalue weighted by atomic mass is 19.4. The Morgan fingerprint density at radius 3 is 2.50 bits per heavy atom. The lowest BCUT2D eigenvalue weighted by Crippen LogP contribution is -2.39. The van der Waals surface area contributed by atoms with Gasteiger partial charge in [-0.3, -0.25) is 0 Å². The third-order valence-electron chi connectivity index (χ3n) is 3.29. The number of hydrogen-bond acceptors (Lipinski definition) is 2. The number of halogens is 3. The molecular formula is C15H18F3NO. The zero-order valence-corrected chi connectivity index (χ0v) is 11.3. The van der Waals surface area contributed by atoms with Crippen molar-refractivity contribution in [1.82, 2.24) is 5.32 Å². The van der Waals surface area contributed by atoms with Crippen LogP contribution in [-0.2, 0) is 0 Å². The Labute approximate surface area is 116 Å². The predicted octanol–water partition coefficient (Wildman–Crippen LogP) is 4.13. The molecule has 2 atom stereocenters. The lowest BCUT2D eigenvalue weighted by molar-refractivity contribution is -0.274. The molecule has 1 saturated heterocycles. The van der Waals surface area contributed by atoms with Gasteiger partial charge in [-0.1, -0.05) is 30.7 Å². The summed E-state index contributed by atoms with van der Waals surface area (Å²) in [5, 5.41) is 3.47.